The van der Waals surface area contributed by atoms with E-state index in [4.69, 9.17) is 0 Å². The predicted octanol–water partition coefficient (Wildman–Crippen LogP) is 3.16. The molecule has 0 radical (unpaired) electrons. The van der Waals surface area contributed by atoms with Crippen molar-refractivity contribution in [3.8, 4) is 11.3 Å². The number of rotatable bonds is 4. The first-order valence-electron chi connectivity index (χ1n) is 8.94. The van der Waals surface area contributed by atoms with Gasteiger partial charge in [0.05, 0.1) is 11.6 Å². The van der Waals surface area contributed by atoms with Gasteiger partial charge in [0.1, 0.15) is 5.01 Å². The molecule has 0 unspecified atom stereocenters. The quantitative estimate of drug-likeness (QED) is 0.748. The Kier molecular flexibility index (Phi) is 5.06. The summed E-state index contributed by atoms with van der Waals surface area (Å²) in [6, 6.07) is 13.9. The average Bonchev–Trinajstić information content (AvgIpc) is 3.13. The zero-order valence-corrected chi connectivity index (χ0v) is 15.8. The summed E-state index contributed by atoms with van der Waals surface area (Å²) in [7, 11) is 0. The van der Waals surface area contributed by atoms with Gasteiger partial charge in [0, 0.05) is 18.7 Å². The van der Waals surface area contributed by atoms with Crippen LogP contribution >= 0.6 is 11.3 Å². The zero-order chi connectivity index (χ0) is 18.6. The lowest BCUT2D eigenvalue weighted by Gasteiger charge is -2.32. The maximum absolute atomic E-state index is 12.6. The molecule has 4 rings (SSSR count). The molecule has 0 aliphatic carbocycles. The van der Waals surface area contributed by atoms with Crippen molar-refractivity contribution in [2.45, 2.75) is 19.8 Å². The number of amides is 1. The van der Waals surface area contributed by atoms with Gasteiger partial charge in [-0.15, -0.1) is 20.4 Å². The van der Waals surface area contributed by atoms with Crippen molar-refractivity contribution in [2.24, 2.45) is 5.92 Å². The van der Waals surface area contributed by atoms with Crippen LogP contribution in [0.2, 0.25) is 0 Å². The van der Waals surface area contributed by atoms with E-state index in [2.05, 4.69) is 30.6 Å². The summed E-state index contributed by atoms with van der Waals surface area (Å²) in [5.74, 6) is 0.696. The normalized spacial score (nSPS) is 16.9. The van der Waals surface area contributed by atoms with E-state index < -0.39 is 0 Å². The van der Waals surface area contributed by atoms with Crippen LogP contribution in [0.5, 0.6) is 0 Å². The number of aromatic nitrogens is 4. The Morgan fingerprint density at radius 1 is 1.11 bits per heavy atom. The molecule has 27 heavy (non-hydrogen) atoms. The number of carbonyl (C=O) groups excluding carboxylic acids is 1. The molecular formula is C19H20N6OS. The summed E-state index contributed by atoms with van der Waals surface area (Å²) in [5, 5.41) is 20.9. The number of nitrogens with zero attached hydrogens (tertiary/aromatic N) is 5. The monoisotopic (exact) mass is 380 g/mol. The maximum Gasteiger partial charge on any atom is 0.231 e. The Balaban J connectivity index is 1.42. The number of benzene rings is 1. The topological polar surface area (TPSA) is 83.9 Å². The van der Waals surface area contributed by atoms with Crippen LogP contribution in [-0.4, -0.2) is 39.4 Å². The Labute approximate surface area is 161 Å². The van der Waals surface area contributed by atoms with Crippen LogP contribution in [0.4, 0.5) is 10.9 Å². The Bertz CT molecular complexity index is 911. The summed E-state index contributed by atoms with van der Waals surface area (Å²) in [4.78, 5) is 14.7. The standard InChI is InChI=1S/C19H20N6OS/c1-13-21-24-19(27-13)20-18(26)15-8-5-11-25(12-15)17-10-9-16(22-23-17)14-6-3-2-4-7-14/h2-4,6-7,9-10,15H,5,8,11-12H2,1H3,(H,20,24,26)/t15-/m1/s1. The lowest BCUT2D eigenvalue weighted by atomic mass is 9.97. The highest BCUT2D eigenvalue weighted by Gasteiger charge is 2.27. The van der Waals surface area contributed by atoms with E-state index in [0.29, 0.717) is 11.7 Å². The number of nitrogens with one attached hydrogen (secondary N) is 1. The fraction of sp³-hybridized carbons (Fsp3) is 0.316. The molecule has 2 aromatic heterocycles. The van der Waals surface area contributed by atoms with Crippen molar-refractivity contribution in [2.75, 3.05) is 23.3 Å². The van der Waals surface area contributed by atoms with Crippen molar-refractivity contribution in [1.29, 1.82) is 0 Å². The van der Waals surface area contributed by atoms with Gasteiger partial charge in [0.15, 0.2) is 5.82 Å². The van der Waals surface area contributed by atoms with E-state index in [0.717, 1.165) is 41.5 Å². The molecule has 1 aromatic carbocycles. The molecule has 1 N–H and O–H groups in total. The number of anilines is 2. The van der Waals surface area contributed by atoms with Gasteiger partial charge in [0.25, 0.3) is 0 Å². The van der Waals surface area contributed by atoms with Crippen LogP contribution in [0, 0.1) is 12.8 Å². The lowest BCUT2D eigenvalue weighted by Crippen LogP contribution is -2.41. The molecule has 1 aliphatic heterocycles. The molecule has 3 aromatic rings. The first kappa shape index (κ1) is 17.5. The second kappa shape index (κ2) is 7.79. The molecule has 138 valence electrons. The van der Waals surface area contributed by atoms with E-state index in [1.807, 2.05) is 49.4 Å². The molecule has 7 nitrogen and oxygen atoms in total. The number of hydrogen-bond donors (Lipinski definition) is 1. The molecule has 8 heteroatoms. The average molecular weight is 380 g/mol. The van der Waals surface area contributed by atoms with Gasteiger partial charge in [-0.3, -0.25) is 4.79 Å². The van der Waals surface area contributed by atoms with E-state index in [1.54, 1.807) is 0 Å². The van der Waals surface area contributed by atoms with Crippen LogP contribution in [-0.2, 0) is 4.79 Å². The van der Waals surface area contributed by atoms with Crippen LogP contribution in [0.1, 0.15) is 17.8 Å². The third-order valence-corrected chi connectivity index (χ3v) is 5.35. The minimum atomic E-state index is -0.0986. The maximum atomic E-state index is 12.6. The zero-order valence-electron chi connectivity index (χ0n) is 15.0. The smallest absolute Gasteiger partial charge is 0.231 e. The van der Waals surface area contributed by atoms with Crippen LogP contribution < -0.4 is 10.2 Å². The van der Waals surface area contributed by atoms with Crippen molar-refractivity contribution >= 4 is 28.2 Å². The molecule has 3 heterocycles. The highest BCUT2D eigenvalue weighted by atomic mass is 32.1. The molecule has 0 bridgehead atoms. The van der Waals surface area contributed by atoms with Crippen LogP contribution in [0.25, 0.3) is 11.3 Å². The molecule has 0 spiro atoms. The Morgan fingerprint density at radius 3 is 2.67 bits per heavy atom. The molecule has 1 atom stereocenters. The largest absolute Gasteiger partial charge is 0.354 e. The van der Waals surface area contributed by atoms with Crippen molar-refractivity contribution in [1.82, 2.24) is 20.4 Å². The first-order chi connectivity index (χ1) is 13.2. The summed E-state index contributed by atoms with van der Waals surface area (Å²) in [6.07, 6.45) is 1.80. The van der Waals surface area contributed by atoms with E-state index in [9.17, 15) is 4.79 Å². The van der Waals surface area contributed by atoms with Gasteiger partial charge in [-0.1, -0.05) is 41.7 Å². The van der Waals surface area contributed by atoms with Gasteiger partial charge < -0.3 is 10.2 Å². The fourth-order valence-electron chi connectivity index (χ4n) is 3.21. The highest BCUT2D eigenvalue weighted by Crippen LogP contribution is 2.24. The van der Waals surface area contributed by atoms with E-state index >= 15 is 0 Å². The SMILES string of the molecule is Cc1nnc(NC(=O)[C@@H]2CCCN(c3ccc(-c4ccccc4)nn3)C2)s1. The number of hydrogen-bond acceptors (Lipinski definition) is 7. The highest BCUT2D eigenvalue weighted by molar-refractivity contribution is 7.15. The Hall–Kier alpha value is -2.87. The molecule has 1 amide bonds. The second-order valence-electron chi connectivity index (χ2n) is 6.54. The van der Waals surface area contributed by atoms with Crippen molar-refractivity contribution < 1.29 is 4.79 Å². The summed E-state index contributed by atoms with van der Waals surface area (Å²) in [5.41, 5.74) is 1.89. The summed E-state index contributed by atoms with van der Waals surface area (Å²) < 4.78 is 0. The van der Waals surface area contributed by atoms with Gasteiger partial charge in [-0.25, -0.2) is 0 Å². The third kappa shape index (κ3) is 4.11. The van der Waals surface area contributed by atoms with Crippen molar-refractivity contribution in [3.63, 3.8) is 0 Å². The third-order valence-electron chi connectivity index (χ3n) is 4.59. The molecule has 0 saturated carbocycles. The van der Waals surface area contributed by atoms with Gasteiger partial charge in [-0.05, 0) is 31.9 Å². The first-order valence-corrected chi connectivity index (χ1v) is 9.76. The lowest BCUT2D eigenvalue weighted by molar-refractivity contribution is -0.120. The predicted molar refractivity (Wildman–Crippen MR) is 106 cm³/mol. The number of aryl methyl sites for hydroxylation is 1. The minimum Gasteiger partial charge on any atom is -0.354 e. The van der Waals surface area contributed by atoms with Crippen LogP contribution in [0.3, 0.4) is 0 Å². The van der Waals surface area contributed by atoms with Crippen LogP contribution in [0.15, 0.2) is 42.5 Å². The van der Waals surface area contributed by atoms with E-state index in [1.165, 1.54) is 11.3 Å². The minimum absolute atomic E-state index is 0.00952. The molecule has 1 fully saturated rings. The number of piperidine rings is 1. The van der Waals surface area contributed by atoms with Gasteiger partial charge in [-0.2, -0.15) is 0 Å². The second-order valence-corrected chi connectivity index (χ2v) is 7.73. The summed E-state index contributed by atoms with van der Waals surface area (Å²) in [6.45, 7) is 3.37. The van der Waals surface area contributed by atoms with Gasteiger partial charge >= 0.3 is 0 Å². The van der Waals surface area contributed by atoms with Gasteiger partial charge in [0.2, 0.25) is 11.0 Å². The Morgan fingerprint density at radius 2 is 1.96 bits per heavy atom. The van der Waals surface area contributed by atoms with E-state index in [-0.39, 0.29) is 11.8 Å². The molecule has 1 saturated heterocycles. The van der Waals surface area contributed by atoms with Crippen molar-refractivity contribution in [3.05, 3.63) is 47.5 Å². The number of carbonyl (C=O) groups is 1. The fourth-order valence-corrected chi connectivity index (χ4v) is 3.81. The molecular weight excluding hydrogens is 360 g/mol. The molecule has 1 aliphatic rings. The summed E-state index contributed by atoms with van der Waals surface area (Å²) >= 11 is 1.39.